The van der Waals surface area contributed by atoms with E-state index in [9.17, 15) is 24.9 Å². The van der Waals surface area contributed by atoms with E-state index in [1.54, 1.807) is 0 Å². The topological polar surface area (TPSA) is 160 Å². The molecule has 0 aromatic carbocycles. The van der Waals surface area contributed by atoms with E-state index in [-0.39, 0.29) is 13.0 Å². The third-order valence-electron chi connectivity index (χ3n) is 3.73. The summed E-state index contributed by atoms with van der Waals surface area (Å²) in [7, 11) is 0. The van der Waals surface area contributed by atoms with Gasteiger partial charge in [0.15, 0.2) is 5.60 Å². The molecular formula is C11H17NO8. The molecule has 0 saturated carbocycles. The van der Waals surface area contributed by atoms with Gasteiger partial charge in [-0.3, -0.25) is 4.79 Å². The molecule has 0 aromatic heterocycles. The first kappa shape index (κ1) is 15.1. The molecule has 2 aliphatic rings. The fraction of sp³-hybridized carbons (Fsp3) is 0.818. The molecule has 20 heavy (non-hydrogen) atoms. The van der Waals surface area contributed by atoms with E-state index in [4.69, 9.17) is 20.3 Å². The number of aliphatic carboxylic acids is 2. The fourth-order valence-electron chi connectivity index (χ4n) is 2.61. The SMILES string of the molecule is N[C@@H](C[C@@]1(C(=O)O)CC2OCC(O)C(O)C2O1)C(=O)O. The van der Waals surface area contributed by atoms with E-state index < -0.39 is 54.4 Å². The molecule has 0 radical (unpaired) electrons. The summed E-state index contributed by atoms with van der Waals surface area (Å²) in [5, 5.41) is 37.4. The Labute approximate surface area is 113 Å². The maximum Gasteiger partial charge on any atom is 0.336 e. The van der Waals surface area contributed by atoms with Crippen LogP contribution in [-0.2, 0) is 19.1 Å². The maximum atomic E-state index is 11.4. The van der Waals surface area contributed by atoms with Crippen molar-refractivity contribution >= 4 is 11.9 Å². The molecule has 2 rings (SSSR count). The molecule has 2 aliphatic heterocycles. The number of ether oxygens (including phenoxy) is 2. The third-order valence-corrected chi connectivity index (χ3v) is 3.73. The summed E-state index contributed by atoms with van der Waals surface area (Å²) in [5.41, 5.74) is 3.54. The number of fused-ring (bicyclic) bond motifs is 1. The molecular weight excluding hydrogens is 274 g/mol. The summed E-state index contributed by atoms with van der Waals surface area (Å²) in [6.07, 6.45) is -4.76. The molecule has 2 fully saturated rings. The minimum atomic E-state index is -1.84. The molecule has 0 bridgehead atoms. The van der Waals surface area contributed by atoms with Gasteiger partial charge in [-0.1, -0.05) is 0 Å². The zero-order valence-corrected chi connectivity index (χ0v) is 10.5. The van der Waals surface area contributed by atoms with Crippen molar-refractivity contribution in [3.63, 3.8) is 0 Å². The summed E-state index contributed by atoms with van der Waals surface area (Å²) in [6.45, 7) is -0.133. The van der Waals surface area contributed by atoms with Gasteiger partial charge in [-0.05, 0) is 0 Å². The van der Waals surface area contributed by atoms with Crippen LogP contribution in [0.4, 0.5) is 0 Å². The molecule has 4 unspecified atom stereocenters. The molecule has 9 heteroatoms. The van der Waals surface area contributed by atoms with E-state index >= 15 is 0 Å². The lowest BCUT2D eigenvalue weighted by Gasteiger charge is -2.33. The van der Waals surface area contributed by atoms with Gasteiger partial charge >= 0.3 is 11.9 Å². The van der Waals surface area contributed by atoms with Gasteiger partial charge in [0.1, 0.15) is 24.4 Å². The van der Waals surface area contributed by atoms with Crippen molar-refractivity contribution in [2.24, 2.45) is 5.73 Å². The largest absolute Gasteiger partial charge is 0.480 e. The highest BCUT2D eigenvalue weighted by Crippen LogP contribution is 2.40. The number of hydrogen-bond donors (Lipinski definition) is 5. The van der Waals surface area contributed by atoms with Crippen LogP contribution in [0.1, 0.15) is 12.8 Å². The van der Waals surface area contributed by atoms with Gasteiger partial charge in [0.25, 0.3) is 0 Å². The second-order valence-electron chi connectivity index (χ2n) is 5.16. The lowest BCUT2D eigenvalue weighted by molar-refractivity contribution is -0.197. The van der Waals surface area contributed by atoms with E-state index in [2.05, 4.69) is 0 Å². The van der Waals surface area contributed by atoms with Crippen molar-refractivity contribution in [2.45, 2.75) is 48.9 Å². The minimum absolute atomic E-state index is 0.127. The molecule has 9 nitrogen and oxygen atoms in total. The molecule has 0 amide bonds. The Morgan fingerprint density at radius 1 is 1.35 bits per heavy atom. The summed E-state index contributed by atoms with van der Waals surface area (Å²) in [4.78, 5) is 22.2. The molecule has 6 N–H and O–H groups in total. The van der Waals surface area contributed by atoms with Crippen molar-refractivity contribution in [3.8, 4) is 0 Å². The Balaban J connectivity index is 2.20. The number of carboxylic acid groups (broad SMARTS) is 2. The molecule has 2 heterocycles. The highest BCUT2D eigenvalue weighted by atomic mass is 16.6. The summed E-state index contributed by atoms with van der Waals surface area (Å²) in [5.74, 6) is -2.71. The number of hydrogen-bond acceptors (Lipinski definition) is 7. The van der Waals surface area contributed by atoms with Crippen LogP contribution >= 0.6 is 0 Å². The maximum absolute atomic E-state index is 11.4. The second-order valence-corrected chi connectivity index (χ2v) is 5.16. The van der Waals surface area contributed by atoms with Gasteiger partial charge in [-0.25, -0.2) is 4.79 Å². The first-order chi connectivity index (χ1) is 9.27. The first-order valence-electron chi connectivity index (χ1n) is 6.14. The average Bonchev–Trinajstić information content (AvgIpc) is 2.74. The van der Waals surface area contributed by atoms with E-state index in [1.807, 2.05) is 0 Å². The monoisotopic (exact) mass is 291 g/mol. The van der Waals surface area contributed by atoms with Gasteiger partial charge in [0.05, 0.1) is 12.7 Å². The Morgan fingerprint density at radius 2 is 2.00 bits per heavy atom. The number of aliphatic hydroxyl groups is 2. The van der Waals surface area contributed by atoms with Crippen molar-refractivity contribution in [1.29, 1.82) is 0 Å². The number of aliphatic hydroxyl groups excluding tert-OH is 2. The van der Waals surface area contributed by atoms with Crippen LogP contribution < -0.4 is 5.73 Å². The molecule has 0 aromatic rings. The molecule has 2 saturated heterocycles. The first-order valence-corrected chi connectivity index (χ1v) is 6.14. The Hall–Kier alpha value is -1.26. The van der Waals surface area contributed by atoms with Crippen LogP contribution in [0.3, 0.4) is 0 Å². The van der Waals surface area contributed by atoms with E-state index in [0.717, 1.165) is 0 Å². The van der Waals surface area contributed by atoms with Crippen LogP contribution in [0.25, 0.3) is 0 Å². The van der Waals surface area contributed by atoms with Crippen molar-refractivity contribution in [3.05, 3.63) is 0 Å². The van der Waals surface area contributed by atoms with E-state index in [1.165, 1.54) is 0 Å². The third kappa shape index (κ3) is 2.50. The summed E-state index contributed by atoms with van der Waals surface area (Å²) >= 11 is 0. The summed E-state index contributed by atoms with van der Waals surface area (Å²) in [6, 6.07) is -1.41. The average molecular weight is 291 g/mol. The standard InChI is InChI=1S/C11H17NO8/c12-4(9(15)16)1-11(10(17)18)2-6-8(20-11)7(14)5(13)3-19-6/h4-8,13-14H,1-3,12H2,(H,15,16)(H,17,18)/t4-,5?,6?,7?,8?,11-/m0/s1. The molecule has 114 valence electrons. The summed E-state index contributed by atoms with van der Waals surface area (Å²) < 4.78 is 10.6. The predicted molar refractivity (Wildman–Crippen MR) is 61.8 cm³/mol. The van der Waals surface area contributed by atoms with Crippen LogP contribution in [0.2, 0.25) is 0 Å². The van der Waals surface area contributed by atoms with Crippen molar-refractivity contribution in [1.82, 2.24) is 0 Å². The van der Waals surface area contributed by atoms with Gasteiger partial charge in [0, 0.05) is 12.8 Å². The molecule has 0 aliphatic carbocycles. The lowest BCUT2D eigenvalue weighted by Crippen LogP contribution is -2.51. The minimum Gasteiger partial charge on any atom is -0.480 e. The number of carboxylic acids is 2. The fourth-order valence-corrected chi connectivity index (χ4v) is 2.61. The smallest absolute Gasteiger partial charge is 0.336 e. The predicted octanol–water partition coefficient (Wildman–Crippen LogP) is -2.48. The molecule has 0 spiro atoms. The van der Waals surface area contributed by atoms with Crippen LogP contribution in [-0.4, -0.2) is 75.0 Å². The van der Waals surface area contributed by atoms with Gasteiger partial charge in [0.2, 0.25) is 0 Å². The van der Waals surface area contributed by atoms with Gasteiger partial charge in [-0.15, -0.1) is 0 Å². The second kappa shape index (κ2) is 5.26. The number of rotatable bonds is 4. The zero-order chi connectivity index (χ0) is 15.1. The normalized spacial score (nSPS) is 42.0. The van der Waals surface area contributed by atoms with Crippen LogP contribution in [0.5, 0.6) is 0 Å². The lowest BCUT2D eigenvalue weighted by atomic mass is 9.89. The van der Waals surface area contributed by atoms with Crippen molar-refractivity contribution < 1.29 is 39.5 Å². The van der Waals surface area contributed by atoms with Gasteiger partial charge < -0.3 is 35.6 Å². The number of nitrogens with two attached hydrogens (primary N) is 1. The number of carbonyl (C=O) groups is 2. The van der Waals surface area contributed by atoms with Crippen LogP contribution in [0, 0.1) is 0 Å². The molecule has 6 atom stereocenters. The zero-order valence-electron chi connectivity index (χ0n) is 10.5. The Bertz CT molecular complexity index is 415. The quantitative estimate of drug-likeness (QED) is 0.378. The van der Waals surface area contributed by atoms with Crippen LogP contribution in [0.15, 0.2) is 0 Å². The Kier molecular flexibility index (Phi) is 3.98. The van der Waals surface area contributed by atoms with Crippen molar-refractivity contribution in [2.75, 3.05) is 6.61 Å². The van der Waals surface area contributed by atoms with E-state index in [0.29, 0.717) is 0 Å². The highest BCUT2D eigenvalue weighted by molar-refractivity contribution is 5.80. The van der Waals surface area contributed by atoms with Gasteiger partial charge in [-0.2, -0.15) is 0 Å². The Morgan fingerprint density at radius 3 is 2.55 bits per heavy atom. The highest BCUT2D eigenvalue weighted by Gasteiger charge is 2.57.